The average Bonchev–Trinajstić information content (AvgIpc) is 2.10. The minimum absolute atomic E-state index is 0.241. The van der Waals surface area contributed by atoms with Crippen LogP contribution in [0.5, 0.6) is 0 Å². The van der Waals surface area contributed by atoms with Crippen molar-refractivity contribution in [2.24, 2.45) is 5.84 Å². The number of hydrogen-bond acceptors (Lipinski definition) is 2. The number of hydrogen-bond donors (Lipinski definition) is 2. The second-order valence-corrected chi connectivity index (χ2v) is 3.65. The Morgan fingerprint density at radius 2 is 2.31 bits per heavy atom. The highest BCUT2D eigenvalue weighted by atomic mass is 79.9. The molecule has 0 saturated carbocycles. The van der Waals surface area contributed by atoms with Gasteiger partial charge in [-0.3, -0.25) is 5.84 Å². The molecule has 0 bridgehead atoms. The highest BCUT2D eigenvalue weighted by Gasteiger charge is 2.08. The number of halogens is 1. The Labute approximate surface area is 86.6 Å². The first-order chi connectivity index (χ1) is 6.19. The van der Waals surface area contributed by atoms with Crippen LogP contribution in [-0.2, 0) is 0 Å². The lowest BCUT2D eigenvalue weighted by atomic mass is 10.1. The van der Waals surface area contributed by atoms with Crippen LogP contribution < -0.4 is 11.3 Å². The van der Waals surface area contributed by atoms with E-state index in [1.165, 1.54) is 5.56 Å². The van der Waals surface area contributed by atoms with Crippen molar-refractivity contribution in [2.75, 3.05) is 0 Å². The van der Waals surface area contributed by atoms with Gasteiger partial charge in [0.05, 0.1) is 0 Å². The first-order valence-electron chi connectivity index (χ1n) is 3.87. The van der Waals surface area contributed by atoms with E-state index in [0.29, 0.717) is 0 Å². The summed E-state index contributed by atoms with van der Waals surface area (Å²) in [5.74, 6) is 7.87. The molecule has 0 aliphatic heterocycles. The van der Waals surface area contributed by atoms with Gasteiger partial charge in [0.25, 0.3) is 0 Å². The summed E-state index contributed by atoms with van der Waals surface area (Å²) in [7, 11) is 0. The van der Waals surface area contributed by atoms with Crippen LogP contribution in [0.15, 0.2) is 22.7 Å². The number of nitrogens with two attached hydrogens (primary N) is 1. The van der Waals surface area contributed by atoms with Gasteiger partial charge >= 0.3 is 0 Å². The smallest absolute Gasteiger partial charge is 0.108 e. The molecule has 0 radical (unpaired) electrons. The molecule has 2 nitrogen and oxygen atoms in total. The topological polar surface area (TPSA) is 38.0 Å². The largest absolute Gasteiger partial charge is 0.270 e. The van der Waals surface area contributed by atoms with E-state index < -0.39 is 0 Å². The minimum Gasteiger partial charge on any atom is -0.270 e. The van der Waals surface area contributed by atoms with Crippen LogP contribution in [0.4, 0.5) is 0 Å². The van der Waals surface area contributed by atoms with E-state index in [4.69, 9.17) is 12.3 Å². The van der Waals surface area contributed by atoms with Gasteiger partial charge in [-0.2, -0.15) is 0 Å². The number of nitrogens with one attached hydrogen (secondary N) is 1. The SMILES string of the molecule is C#CC(NN)c1ccc(C)cc1Br. The number of hydrazine groups is 1. The second-order valence-electron chi connectivity index (χ2n) is 2.79. The number of rotatable bonds is 2. The molecule has 0 aromatic heterocycles. The van der Waals surface area contributed by atoms with Crippen molar-refractivity contribution >= 4 is 15.9 Å². The monoisotopic (exact) mass is 238 g/mol. The molecular formula is C10H11BrN2. The maximum Gasteiger partial charge on any atom is 0.108 e. The van der Waals surface area contributed by atoms with Crippen LogP contribution in [0.1, 0.15) is 17.2 Å². The molecule has 0 spiro atoms. The Morgan fingerprint density at radius 1 is 1.62 bits per heavy atom. The lowest BCUT2D eigenvalue weighted by Crippen LogP contribution is -2.27. The summed E-state index contributed by atoms with van der Waals surface area (Å²) in [6, 6.07) is 5.73. The van der Waals surface area contributed by atoms with Gasteiger partial charge in [0.15, 0.2) is 0 Å². The highest BCUT2D eigenvalue weighted by molar-refractivity contribution is 9.10. The molecule has 13 heavy (non-hydrogen) atoms. The molecule has 0 aliphatic rings. The fraction of sp³-hybridized carbons (Fsp3) is 0.200. The third-order valence-electron chi connectivity index (χ3n) is 1.80. The number of benzene rings is 1. The Hall–Kier alpha value is -0.820. The van der Waals surface area contributed by atoms with Gasteiger partial charge in [-0.05, 0) is 24.1 Å². The summed E-state index contributed by atoms with van der Waals surface area (Å²) >= 11 is 3.44. The van der Waals surface area contributed by atoms with Crippen LogP contribution >= 0.6 is 15.9 Å². The van der Waals surface area contributed by atoms with E-state index in [9.17, 15) is 0 Å². The molecule has 1 aromatic carbocycles. The van der Waals surface area contributed by atoms with Crippen molar-refractivity contribution < 1.29 is 0 Å². The Balaban J connectivity index is 3.09. The van der Waals surface area contributed by atoms with Crippen molar-refractivity contribution in [3.8, 4) is 12.3 Å². The van der Waals surface area contributed by atoms with Gasteiger partial charge in [-0.25, -0.2) is 5.43 Å². The lowest BCUT2D eigenvalue weighted by Gasteiger charge is -2.11. The van der Waals surface area contributed by atoms with Gasteiger partial charge in [0.2, 0.25) is 0 Å². The van der Waals surface area contributed by atoms with Gasteiger partial charge < -0.3 is 0 Å². The first kappa shape index (κ1) is 10.3. The zero-order valence-electron chi connectivity index (χ0n) is 7.34. The molecule has 1 atom stereocenters. The fourth-order valence-corrected chi connectivity index (χ4v) is 1.82. The molecule has 0 heterocycles. The molecule has 3 N–H and O–H groups in total. The molecule has 0 aliphatic carbocycles. The second kappa shape index (κ2) is 4.43. The van der Waals surface area contributed by atoms with Gasteiger partial charge in [-0.1, -0.05) is 34.0 Å². The lowest BCUT2D eigenvalue weighted by molar-refractivity contribution is 0.671. The van der Waals surface area contributed by atoms with Crippen molar-refractivity contribution in [1.82, 2.24) is 5.43 Å². The van der Waals surface area contributed by atoms with Crippen molar-refractivity contribution in [3.05, 3.63) is 33.8 Å². The zero-order valence-corrected chi connectivity index (χ0v) is 8.93. The summed E-state index contributed by atoms with van der Waals surface area (Å²) in [4.78, 5) is 0. The van der Waals surface area contributed by atoms with E-state index >= 15 is 0 Å². The first-order valence-corrected chi connectivity index (χ1v) is 4.66. The van der Waals surface area contributed by atoms with Crippen LogP contribution in [0.2, 0.25) is 0 Å². The normalized spacial score (nSPS) is 12.2. The number of aryl methyl sites for hydroxylation is 1. The standard InChI is InChI=1S/C10H11BrN2/c1-3-10(13-12)8-5-4-7(2)6-9(8)11/h1,4-6,10,13H,12H2,2H3. The van der Waals surface area contributed by atoms with E-state index in [-0.39, 0.29) is 6.04 Å². The summed E-state index contributed by atoms with van der Waals surface area (Å²) in [6.07, 6.45) is 5.31. The van der Waals surface area contributed by atoms with Gasteiger partial charge in [-0.15, -0.1) is 6.42 Å². The predicted octanol–water partition coefficient (Wildman–Crippen LogP) is 1.90. The van der Waals surface area contributed by atoms with E-state index in [2.05, 4.69) is 27.3 Å². The van der Waals surface area contributed by atoms with Gasteiger partial charge in [0.1, 0.15) is 6.04 Å². The van der Waals surface area contributed by atoms with Crippen molar-refractivity contribution in [1.29, 1.82) is 0 Å². The Bertz CT molecular complexity index is 341. The maximum atomic E-state index is 5.31. The van der Waals surface area contributed by atoms with Gasteiger partial charge in [0, 0.05) is 4.47 Å². The summed E-state index contributed by atoms with van der Waals surface area (Å²) < 4.78 is 0.980. The molecule has 0 saturated heterocycles. The van der Waals surface area contributed by atoms with E-state index in [0.717, 1.165) is 10.0 Å². The quantitative estimate of drug-likeness (QED) is 0.470. The molecule has 0 amide bonds. The van der Waals surface area contributed by atoms with Crippen LogP contribution in [0.25, 0.3) is 0 Å². The van der Waals surface area contributed by atoms with E-state index in [1.54, 1.807) is 0 Å². The van der Waals surface area contributed by atoms with Crippen molar-refractivity contribution in [2.45, 2.75) is 13.0 Å². The van der Waals surface area contributed by atoms with Crippen LogP contribution in [0, 0.1) is 19.3 Å². The third kappa shape index (κ3) is 2.31. The molecular weight excluding hydrogens is 228 g/mol. The summed E-state index contributed by atoms with van der Waals surface area (Å²) in [5, 5.41) is 0. The average molecular weight is 239 g/mol. The molecule has 0 fully saturated rings. The molecule has 68 valence electrons. The van der Waals surface area contributed by atoms with E-state index in [1.807, 2.05) is 25.1 Å². The predicted molar refractivity (Wildman–Crippen MR) is 57.8 cm³/mol. The molecule has 1 unspecified atom stereocenters. The molecule has 3 heteroatoms. The molecule has 1 rings (SSSR count). The molecule has 1 aromatic rings. The zero-order chi connectivity index (χ0) is 9.84. The third-order valence-corrected chi connectivity index (χ3v) is 2.49. The van der Waals surface area contributed by atoms with Crippen molar-refractivity contribution in [3.63, 3.8) is 0 Å². The summed E-state index contributed by atoms with van der Waals surface area (Å²) in [6.45, 7) is 2.02. The van der Waals surface area contributed by atoms with Crippen LogP contribution in [-0.4, -0.2) is 0 Å². The fourth-order valence-electron chi connectivity index (χ4n) is 1.09. The maximum absolute atomic E-state index is 5.31. The summed E-state index contributed by atoms with van der Waals surface area (Å²) in [5.41, 5.74) is 4.73. The van der Waals surface area contributed by atoms with Crippen LogP contribution in [0.3, 0.4) is 0 Å². The Kier molecular flexibility index (Phi) is 3.49. The highest BCUT2D eigenvalue weighted by Crippen LogP contribution is 2.23. The Morgan fingerprint density at radius 3 is 2.77 bits per heavy atom. The minimum atomic E-state index is -0.241. The number of terminal acetylenes is 1.